The van der Waals surface area contributed by atoms with E-state index in [0.29, 0.717) is 6.04 Å². The largest absolute Gasteiger partial charge is 0.496 e. The van der Waals surface area contributed by atoms with Crippen molar-refractivity contribution in [1.82, 2.24) is 10.2 Å². The molecule has 0 saturated carbocycles. The lowest BCUT2D eigenvalue weighted by atomic mass is 9.97. The quantitative estimate of drug-likeness (QED) is 0.907. The molecule has 3 heterocycles. The average molecular weight is 345 g/mol. The number of hydrogen-bond acceptors (Lipinski definition) is 3. The van der Waals surface area contributed by atoms with Crippen molar-refractivity contribution in [3.8, 4) is 5.75 Å². The van der Waals surface area contributed by atoms with Gasteiger partial charge in [-0.25, -0.2) is 0 Å². The zero-order valence-electron chi connectivity index (χ0n) is 13.0. The van der Waals surface area contributed by atoms with E-state index in [0.717, 1.165) is 23.8 Å². The Morgan fingerprint density at radius 1 is 1.23 bits per heavy atom. The number of halogens is 2. The van der Waals surface area contributed by atoms with Crippen LogP contribution in [0, 0.1) is 5.92 Å². The second-order valence-corrected chi connectivity index (χ2v) is 5.91. The smallest absolute Gasteiger partial charge is 0.126 e. The summed E-state index contributed by atoms with van der Waals surface area (Å²) in [4.78, 5) is 2.58. The van der Waals surface area contributed by atoms with Crippen molar-refractivity contribution in [2.45, 2.75) is 18.9 Å². The van der Waals surface area contributed by atoms with Gasteiger partial charge in [0.15, 0.2) is 0 Å². The molecule has 1 aromatic carbocycles. The van der Waals surface area contributed by atoms with Crippen LogP contribution in [0.4, 0.5) is 0 Å². The first-order valence-corrected chi connectivity index (χ1v) is 7.60. The van der Waals surface area contributed by atoms with Crippen LogP contribution in [0.2, 0.25) is 0 Å². The molecule has 2 bridgehead atoms. The van der Waals surface area contributed by atoms with Crippen molar-refractivity contribution in [2.75, 3.05) is 33.3 Å². The third-order valence-electron chi connectivity index (χ3n) is 4.41. The monoisotopic (exact) mass is 344 g/mol. The molecule has 22 heavy (non-hydrogen) atoms. The number of rotatable bonds is 4. The molecule has 0 spiro atoms. The first-order chi connectivity index (χ1) is 9.85. The van der Waals surface area contributed by atoms with Crippen molar-refractivity contribution in [2.24, 2.45) is 5.92 Å². The van der Waals surface area contributed by atoms with Crippen molar-refractivity contribution in [3.63, 3.8) is 0 Å². The Kier molecular flexibility index (Phi) is 8.26. The highest BCUT2D eigenvalue weighted by atomic mass is 35.5. The van der Waals surface area contributed by atoms with Gasteiger partial charge in [-0.1, -0.05) is 30.4 Å². The molecule has 0 unspecified atom stereocenters. The summed E-state index contributed by atoms with van der Waals surface area (Å²) < 4.78 is 5.38. The van der Waals surface area contributed by atoms with Crippen molar-refractivity contribution >= 4 is 30.9 Å². The molecule has 1 N–H and O–H groups in total. The summed E-state index contributed by atoms with van der Waals surface area (Å²) in [5.41, 5.74) is 1.16. The Bertz CT molecular complexity index is 459. The maximum Gasteiger partial charge on any atom is 0.126 e. The van der Waals surface area contributed by atoms with E-state index in [1.54, 1.807) is 7.11 Å². The fourth-order valence-corrected chi connectivity index (χ4v) is 3.32. The fraction of sp³-hybridized carbons (Fsp3) is 0.529. The highest BCUT2D eigenvalue weighted by molar-refractivity contribution is 5.85. The average Bonchev–Trinajstić information content (AvgIpc) is 2.80. The third kappa shape index (κ3) is 4.88. The minimum Gasteiger partial charge on any atom is -0.496 e. The topological polar surface area (TPSA) is 24.5 Å². The molecule has 0 amide bonds. The Labute approximate surface area is 145 Å². The summed E-state index contributed by atoms with van der Waals surface area (Å²) in [5, 5.41) is 3.65. The molecule has 3 fully saturated rings. The lowest BCUT2D eigenvalue weighted by Gasteiger charge is -2.23. The van der Waals surface area contributed by atoms with Gasteiger partial charge in [0.1, 0.15) is 5.75 Å². The summed E-state index contributed by atoms with van der Waals surface area (Å²) >= 11 is 0. The van der Waals surface area contributed by atoms with Crippen LogP contribution in [-0.2, 0) is 0 Å². The van der Waals surface area contributed by atoms with Crippen LogP contribution >= 0.6 is 24.8 Å². The van der Waals surface area contributed by atoms with Gasteiger partial charge in [0.05, 0.1) is 7.11 Å². The zero-order valence-corrected chi connectivity index (χ0v) is 14.7. The lowest BCUT2D eigenvalue weighted by molar-refractivity contribution is 0.291. The molecule has 124 valence electrons. The Morgan fingerprint density at radius 2 is 2.05 bits per heavy atom. The van der Waals surface area contributed by atoms with E-state index in [-0.39, 0.29) is 24.8 Å². The minimum atomic E-state index is 0. The molecular weight excluding hydrogens is 319 g/mol. The molecule has 3 saturated heterocycles. The highest BCUT2D eigenvalue weighted by Gasteiger charge is 2.28. The molecule has 0 radical (unpaired) electrons. The fourth-order valence-electron chi connectivity index (χ4n) is 3.32. The van der Waals surface area contributed by atoms with E-state index < -0.39 is 0 Å². The first kappa shape index (κ1) is 19.3. The summed E-state index contributed by atoms with van der Waals surface area (Å²) in [5.74, 6) is 1.79. The summed E-state index contributed by atoms with van der Waals surface area (Å²) in [6, 6.07) is 8.87. The molecule has 1 aromatic rings. The molecule has 4 rings (SSSR count). The van der Waals surface area contributed by atoms with Gasteiger partial charge in [-0.05, 0) is 31.4 Å². The molecular formula is C17H26Cl2N2O. The first-order valence-electron chi connectivity index (χ1n) is 7.60. The van der Waals surface area contributed by atoms with Gasteiger partial charge >= 0.3 is 0 Å². The van der Waals surface area contributed by atoms with Crippen LogP contribution in [-0.4, -0.2) is 44.2 Å². The van der Waals surface area contributed by atoms with Crippen LogP contribution in [0.25, 0.3) is 6.08 Å². The van der Waals surface area contributed by atoms with Crippen LogP contribution in [0.5, 0.6) is 5.75 Å². The number of para-hydroxylation sites is 1. The van der Waals surface area contributed by atoms with Gasteiger partial charge in [-0.3, -0.25) is 4.90 Å². The second kappa shape index (κ2) is 9.41. The van der Waals surface area contributed by atoms with Gasteiger partial charge in [-0.2, -0.15) is 0 Å². The van der Waals surface area contributed by atoms with E-state index in [9.17, 15) is 0 Å². The number of methoxy groups -OCH3 is 1. The van der Waals surface area contributed by atoms with Gasteiger partial charge in [-0.15, -0.1) is 24.8 Å². The lowest BCUT2D eigenvalue weighted by Crippen LogP contribution is -2.39. The van der Waals surface area contributed by atoms with E-state index in [4.69, 9.17) is 4.74 Å². The Balaban J connectivity index is 0.00000121. The number of nitrogens with one attached hydrogen (secondary N) is 1. The summed E-state index contributed by atoms with van der Waals surface area (Å²) in [6.07, 6.45) is 7.18. The van der Waals surface area contributed by atoms with E-state index in [1.165, 1.54) is 32.5 Å². The number of piperidine rings is 1. The van der Waals surface area contributed by atoms with Crippen LogP contribution < -0.4 is 10.1 Å². The van der Waals surface area contributed by atoms with Gasteiger partial charge in [0.25, 0.3) is 0 Å². The second-order valence-electron chi connectivity index (χ2n) is 5.91. The molecule has 3 aliphatic heterocycles. The van der Waals surface area contributed by atoms with Gasteiger partial charge in [0.2, 0.25) is 0 Å². The van der Waals surface area contributed by atoms with E-state index in [1.807, 2.05) is 12.1 Å². The predicted octanol–water partition coefficient (Wildman–Crippen LogP) is 3.24. The molecule has 5 heteroatoms. The maximum absolute atomic E-state index is 5.38. The number of nitrogens with zero attached hydrogens (tertiary/aromatic N) is 1. The molecule has 2 atom stereocenters. The van der Waals surface area contributed by atoms with E-state index >= 15 is 0 Å². The van der Waals surface area contributed by atoms with Crippen molar-refractivity contribution in [1.29, 1.82) is 0 Å². The Hall–Kier alpha value is -0.740. The van der Waals surface area contributed by atoms with Crippen LogP contribution in [0.15, 0.2) is 30.3 Å². The van der Waals surface area contributed by atoms with Crippen molar-refractivity contribution in [3.05, 3.63) is 35.9 Å². The highest BCUT2D eigenvalue weighted by Crippen LogP contribution is 2.22. The van der Waals surface area contributed by atoms with Crippen molar-refractivity contribution < 1.29 is 4.74 Å². The number of hydrogen-bond donors (Lipinski definition) is 1. The molecule has 3 aliphatic rings. The van der Waals surface area contributed by atoms with Crippen LogP contribution in [0.3, 0.4) is 0 Å². The SMILES string of the molecule is COc1ccccc1/C=C/CN1C[C@H]2CC[C@@H](C1)NC2.Cl.Cl. The summed E-state index contributed by atoms with van der Waals surface area (Å²) in [7, 11) is 1.73. The zero-order chi connectivity index (χ0) is 13.8. The normalized spacial score (nSPS) is 24.4. The molecule has 3 nitrogen and oxygen atoms in total. The maximum atomic E-state index is 5.38. The molecule has 0 aliphatic carbocycles. The third-order valence-corrected chi connectivity index (χ3v) is 4.41. The standard InChI is InChI=1S/C17H24N2O.2ClH/c1-20-17-7-3-2-5-15(17)6-4-10-19-12-14-8-9-16(13-19)18-11-14;;/h2-7,14,16,18H,8-13H2,1H3;2*1H/b6-4+;;/t14-,16-;;/m0../s1. The van der Waals surface area contributed by atoms with Gasteiger partial charge < -0.3 is 10.1 Å². The number of fused-ring (bicyclic) bond motifs is 4. The molecule has 0 aromatic heterocycles. The summed E-state index contributed by atoms with van der Waals surface area (Å²) in [6.45, 7) is 4.66. The number of benzene rings is 1. The minimum absolute atomic E-state index is 0. The number of ether oxygens (including phenoxy) is 1. The van der Waals surface area contributed by atoms with E-state index in [2.05, 4.69) is 34.5 Å². The van der Waals surface area contributed by atoms with Gasteiger partial charge in [0, 0.05) is 31.2 Å². The Morgan fingerprint density at radius 3 is 2.77 bits per heavy atom. The predicted molar refractivity (Wildman–Crippen MR) is 97.5 cm³/mol. The van der Waals surface area contributed by atoms with Crippen LogP contribution in [0.1, 0.15) is 18.4 Å².